The molecule has 1 aliphatic rings. The molecule has 0 bridgehead atoms. The van der Waals surface area contributed by atoms with Gasteiger partial charge in [-0.3, -0.25) is 10.1 Å². The molecule has 3 rings (SSSR count). The van der Waals surface area contributed by atoms with Crippen LogP contribution in [-0.4, -0.2) is 25.6 Å². The normalized spacial score (nSPS) is 20.6. The van der Waals surface area contributed by atoms with Gasteiger partial charge in [0.1, 0.15) is 4.21 Å². The van der Waals surface area contributed by atoms with Gasteiger partial charge >= 0.3 is 5.69 Å². The van der Waals surface area contributed by atoms with E-state index in [1.54, 1.807) is 0 Å². The molecule has 1 aliphatic carbocycles. The minimum Gasteiger partial charge on any atom is -0.368 e. The maximum absolute atomic E-state index is 11.6. The van der Waals surface area contributed by atoms with Gasteiger partial charge in [0.2, 0.25) is 0 Å². The molecule has 0 unspecified atom stereocenters. The zero-order valence-corrected chi connectivity index (χ0v) is 13.4. The fourth-order valence-electron chi connectivity index (χ4n) is 2.37. The van der Waals surface area contributed by atoms with Gasteiger partial charge in [-0.05, 0) is 12.0 Å². The molecule has 2 atom stereocenters. The average Bonchev–Trinajstić information content (AvgIpc) is 3.06. The molecule has 0 spiro atoms. The van der Waals surface area contributed by atoms with Gasteiger partial charge in [0, 0.05) is 24.3 Å². The zero-order chi connectivity index (χ0) is 15.9. The van der Waals surface area contributed by atoms with Gasteiger partial charge in [0.25, 0.3) is 0 Å². The summed E-state index contributed by atoms with van der Waals surface area (Å²) in [6.07, 6.45) is 1.93. The smallest absolute Gasteiger partial charge is 0.304 e. The van der Waals surface area contributed by atoms with Gasteiger partial charge in [-0.15, -0.1) is 0 Å². The highest BCUT2D eigenvalue weighted by Gasteiger charge is 2.40. The maximum atomic E-state index is 11.6. The Morgan fingerprint density at radius 1 is 1.32 bits per heavy atom. The number of nitrogens with one attached hydrogen (secondary N) is 1. The first-order valence-electron chi connectivity index (χ1n) is 6.66. The van der Waals surface area contributed by atoms with E-state index in [9.17, 15) is 18.5 Å². The Bertz CT molecular complexity index is 815. The van der Waals surface area contributed by atoms with Crippen molar-refractivity contribution in [1.29, 1.82) is 0 Å². The van der Waals surface area contributed by atoms with Crippen molar-refractivity contribution in [3.63, 3.8) is 0 Å². The fraction of sp³-hybridized carbons (Fsp3) is 0.286. The van der Waals surface area contributed by atoms with Crippen LogP contribution in [0.15, 0.2) is 40.6 Å². The van der Waals surface area contributed by atoms with E-state index >= 15 is 0 Å². The van der Waals surface area contributed by atoms with Crippen molar-refractivity contribution in [3.8, 4) is 0 Å². The van der Waals surface area contributed by atoms with Crippen LogP contribution < -0.4 is 5.32 Å². The third-order valence-electron chi connectivity index (χ3n) is 3.59. The molecule has 1 aromatic carbocycles. The van der Waals surface area contributed by atoms with E-state index in [0.29, 0.717) is 10.9 Å². The third-order valence-corrected chi connectivity index (χ3v) is 6.44. The average molecular weight is 338 g/mol. The number of rotatable bonds is 5. The Kier molecular flexibility index (Phi) is 3.65. The maximum Gasteiger partial charge on any atom is 0.304 e. The molecule has 0 saturated heterocycles. The molecule has 6 nitrogen and oxygen atoms in total. The van der Waals surface area contributed by atoms with E-state index in [4.69, 9.17) is 0 Å². The van der Waals surface area contributed by atoms with Crippen molar-refractivity contribution < 1.29 is 13.3 Å². The summed E-state index contributed by atoms with van der Waals surface area (Å²) in [7, 11) is -3.45. The molecular formula is C14H14N2O4S2. The van der Waals surface area contributed by atoms with Gasteiger partial charge in [0.15, 0.2) is 14.8 Å². The summed E-state index contributed by atoms with van der Waals surface area (Å²) in [4.78, 5) is 10.5. The number of thiophene rings is 1. The van der Waals surface area contributed by atoms with Crippen LogP contribution in [0.5, 0.6) is 0 Å². The molecule has 0 amide bonds. The van der Waals surface area contributed by atoms with Crippen LogP contribution in [0.1, 0.15) is 17.9 Å². The topological polar surface area (TPSA) is 89.3 Å². The summed E-state index contributed by atoms with van der Waals surface area (Å²) in [6, 6.07) is 11.1. The van der Waals surface area contributed by atoms with Gasteiger partial charge in [-0.1, -0.05) is 41.7 Å². The van der Waals surface area contributed by atoms with Crippen molar-refractivity contribution in [3.05, 3.63) is 52.1 Å². The quantitative estimate of drug-likeness (QED) is 0.668. The molecule has 1 heterocycles. The van der Waals surface area contributed by atoms with Crippen LogP contribution in [0.2, 0.25) is 0 Å². The standard InChI is InChI=1S/C14H14N2O4S2/c1-22(19,20)13-8-12(16(17)18)14(21-13)15-11-7-10(11)9-5-3-2-4-6-9/h2-6,8,10-11,15H,7H2,1H3/t10-,11-/m0/s1. The second-order valence-corrected chi connectivity index (χ2v) is 8.61. The summed E-state index contributed by atoms with van der Waals surface area (Å²) in [5.74, 6) is 0.310. The lowest BCUT2D eigenvalue weighted by atomic mass is 10.1. The molecule has 2 aromatic rings. The van der Waals surface area contributed by atoms with Crippen LogP contribution in [0.25, 0.3) is 0 Å². The lowest BCUT2D eigenvalue weighted by Gasteiger charge is -2.03. The van der Waals surface area contributed by atoms with Gasteiger partial charge < -0.3 is 5.32 Å². The van der Waals surface area contributed by atoms with E-state index in [0.717, 1.165) is 30.1 Å². The second-order valence-electron chi connectivity index (χ2n) is 5.31. The summed E-state index contributed by atoms with van der Waals surface area (Å²) in [5, 5.41) is 14.5. The molecule has 0 radical (unpaired) electrons. The van der Waals surface area contributed by atoms with Crippen LogP contribution >= 0.6 is 11.3 Å². The highest BCUT2D eigenvalue weighted by molar-refractivity contribution is 7.92. The molecular weight excluding hydrogens is 324 g/mol. The van der Waals surface area contributed by atoms with Crippen molar-refractivity contribution in [1.82, 2.24) is 0 Å². The first-order chi connectivity index (χ1) is 10.4. The molecule has 1 aromatic heterocycles. The molecule has 8 heteroatoms. The number of sulfone groups is 1. The Morgan fingerprint density at radius 3 is 2.59 bits per heavy atom. The highest BCUT2D eigenvalue weighted by Crippen LogP contribution is 2.46. The zero-order valence-electron chi connectivity index (χ0n) is 11.7. The third kappa shape index (κ3) is 2.97. The number of benzene rings is 1. The van der Waals surface area contributed by atoms with Crippen molar-refractivity contribution >= 4 is 31.9 Å². The van der Waals surface area contributed by atoms with E-state index < -0.39 is 14.8 Å². The Balaban J connectivity index is 1.82. The van der Waals surface area contributed by atoms with Crippen molar-refractivity contribution in [2.24, 2.45) is 0 Å². The van der Waals surface area contributed by atoms with E-state index in [2.05, 4.69) is 5.32 Å². The van der Waals surface area contributed by atoms with Crippen molar-refractivity contribution in [2.75, 3.05) is 11.6 Å². The minimum absolute atomic E-state index is 0.0126. The van der Waals surface area contributed by atoms with E-state index in [-0.39, 0.29) is 15.9 Å². The highest BCUT2D eigenvalue weighted by atomic mass is 32.2. The van der Waals surface area contributed by atoms with Gasteiger partial charge in [-0.25, -0.2) is 8.42 Å². The lowest BCUT2D eigenvalue weighted by molar-refractivity contribution is -0.383. The first-order valence-corrected chi connectivity index (χ1v) is 9.37. The summed E-state index contributed by atoms with van der Waals surface area (Å²) in [6.45, 7) is 0. The van der Waals surface area contributed by atoms with Crippen molar-refractivity contribution in [2.45, 2.75) is 22.6 Å². The molecule has 1 saturated carbocycles. The number of nitro groups is 1. The van der Waals surface area contributed by atoms with Gasteiger partial charge in [-0.2, -0.15) is 0 Å². The molecule has 1 N–H and O–H groups in total. The van der Waals surface area contributed by atoms with Crippen LogP contribution in [0, 0.1) is 10.1 Å². The predicted molar refractivity (Wildman–Crippen MR) is 85.3 cm³/mol. The van der Waals surface area contributed by atoms with Gasteiger partial charge in [0.05, 0.1) is 4.92 Å². The number of hydrogen-bond acceptors (Lipinski definition) is 6. The SMILES string of the molecule is CS(=O)(=O)c1cc([N+](=O)[O-])c(N[C@H]2C[C@H]2c2ccccc2)s1. The number of anilines is 1. The van der Waals surface area contributed by atoms with Crippen LogP contribution in [0.4, 0.5) is 10.7 Å². The Morgan fingerprint density at radius 2 is 2.00 bits per heavy atom. The number of hydrogen-bond donors (Lipinski definition) is 1. The van der Waals surface area contributed by atoms with Crippen LogP contribution in [0.3, 0.4) is 0 Å². The summed E-state index contributed by atoms with van der Waals surface area (Å²) in [5.41, 5.74) is 1.01. The second kappa shape index (κ2) is 5.36. The molecule has 22 heavy (non-hydrogen) atoms. The largest absolute Gasteiger partial charge is 0.368 e. The monoisotopic (exact) mass is 338 g/mol. The molecule has 116 valence electrons. The number of nitrogens with zero attached hydrogens (tertiary/aromatic N) is 1. The van der Waals surface area contributed by atoms with E-state index in [1.165, 1.54) is 5.56 Å². The van der Waals surface area contributed by atoms with Crippen LogP contribution in [-0.2, 0) is 9.84 Å². The predicted octanol–water partition coefficient (Wildman–Crippen LogP) is 3.03. The fourth-order valence-corrected chi connectivity index (χ4v) is 4.37. The molecule has 1 fully saturated rings. The lowest BCUT2D eigenvalue weighted by Crippen LogP contribution is -2.04. The Hall–Kier alpha value is -1.93. The first kappa shape index (κ1) is 15.0. The van der Waals surface area contributed by atoms with E-state index in [1.807, 2.05) is 30.3 Å². The molecule has 0 aliphatic heterocycles. The Labute approximate surface area is 131 Å². The minimum atomic E-state index is -3.45. The summed E-state index contributed by atoms with van der Waals surface area (Å²) >= 11 is 0.920. The summed E-state index contributed by atoms with van der Waals surface area (Å²) < 4.78 is 23.1.